The topological polar surface area (TPSA) is 121 Å². The zero-order valence-corrected chi connectivity index (χ0v) is 22.7. The van der Waals surface area contributed by atoms with Crippen LogP contribution in [0.2, 0.25) is 0 Å². The highest BCUT2D eigenvalue weighted by atomic mass is 32.2. The number of ether oxygens (including phenoxy) is 1. The molecule has 0 fully saturated rings. The summed E-state index contributed by atoms with van der Waals surface area (Å²) < 4.78 is 32.0. The first-order valence-electron chi connectivity index (χ1n) is 13.0. The highest BCUT2D eigenvalue weighted by Gasteiger charge is 2.43. The van der Waals surface area contributed by atoms with Crippen LogP contribution < -0.4 is 4.74 Å². The molecule has 0 spiro atoms. The number of Topliss-reactive ketones (excluding diaryl/α,β-unsaturated/α-hetero) is 1. The molecule has 0 aliphatic heterocycles. The van der Waals surface area contributed by atoms with E-state index in [4.69, 9.17) is 9.84 Å². The summed E-state index contributed by atoms with van der Waals surface area (Å²) in [4.78, 5) is 13.9. The third kappa shape index (κ3) is 5.05. The molecule has 0 radical (unpaired) electrons. The van der Waals surface area contributed by atoms with Crippen LogP contribution in [0, 0.1) is 0 Å². The van der Waals surface area contributed by atoms with Crippen LogP contribution in [0.3, 0.4) is 0 Å². The molecular formula is C31H32O7S. The Bertz CT molecular complexity index is 1560. The van der Waals surface area contributed by atoms with E-state index in [1.165, 1.54) is 0 Å². The molecule has 3 aromatic carbocycles. The Balaban J connectivity index is 1.40. The molecule has 0 bridgehead atoms. The molecule has 0 saturated carbocycles. The van der Waals surface area contributed by atoms with Crippen molar-refractivity contribution in [3.05, 3.63) is 100 Å². The molecule has 2 atom stereocenters. The highest BCUT2D eigenvalue weighted by molar-refractivity contribution is 7.91. The molecule has 7 nitrogen and oxygen atoms in total. The summed E-state index contributed by atoms with van der Waals surface area (Å²) in [6, 6.07) is 19.7. The second-order valence-corrected chi connectivity index (χ2v) is 12.8. The van der Waals surface area contributed by atoms with Crippen LogP contribution in [0.4, 0.5) is 0 Å². The van der Waals surface area contributed by atoms with Gasteiger partial charge >= 0.3 is 0 Å². The molecule has 3 aromatic rings. The van der Waals surface area contributed by atoms with Gasteiger partial charge in [0.15, 0.2) is 15.6 Å². The average Bonchev–Trinajstić information content (AvgIpc) is 3.34. The zero-order valence-electron chi connectivity index (χ0n) is 21.9. The largest absolute Gasteiger partial charge is 0.491 e. The van der Waals surface area contributed by atoms with Gasteiger partial charge in [-0.2, -0.15) is 0 Å². The molecule has 39 heavy (non-hydrogen) atoms. The lowest BCUT2D eigenvalue weighted by atomic mass is 9.68. The summed E-state index contributed by atoms with van der Waals surface area (Å²) in [5.41, 5.74) is 4.93. The lowest BCUT2D eigenvalue weighted by Crippen LogP contribution is -2.34. The van der Waals surface area contributed by atoms with E-state index in [0.717, 1.165) is 27.8 Å². The molecular weight excluding hydrogens is 516 g/mol. The summed E-state index contributed by atoms with van der Waals surface area (Å²) in [5, 5.41) is 28.5. The van der Waals surface area contributed by atoms with E-state index >= 15 is 0 Å². The summed E-state index contributed by atoms with van der Waals surface area (Å²) in [6.07, 6.45) is -1.66. The van der Waals surface area contributed by atoms with E-state index in [1.807, 2.05) is 44.2 Å². The van der Waals surface area contributed by atoms with Crippen molar-refractivity contribution in [2.45, 2.75) is 49.2 Å². The number of aryl methyl sites for hydroxylation is 1. The number of hydrogen-bond donors (Lipinski definition) is 3. The van der Waals surface area contributed by atoms with E-state index in [9.17, 15) is 23.4 Å². The SMILES string of the molecule is CC1(C)C2=C(C(=O)c3ccc(OC[C@@H](O)[C@H](O)CO)cc31)c1ccc(S(=O)(=O)CCc3ccccc3)cc1C2. The molecule has 0 aromatic heterocycles. The Kier molecular flexibility index (Phi) is 7.24. The molecule has 3 N–H and O–H groups in total. The van der Waals surface area contributed by atoms with Gasteiger partial charge in [0, 0.05) is 16.6 Å². The van der Waals surface area contributed by atoms with Crippen LogP contribution in [0.1, 0.15) is 46.5 Å². The van der Waals surface area contributed by atoms with E-state index in [0.29, 0.717) is 29.7 Å². The fourth-order valence-corrected chi connectivity index (χ4v) is 6.78. The quantitative estimate of drug-likeness (QED) is 0.375. The van der Waals surface area contributed by atoms with Crippen LogP contribution in [0.15, 0.2) is 77.2 Å². The van der Waals surface area contributed by atoms with Gasteiger partial charge in [0.05, 0.1) is 17.3 Å². The normalized spacial score (nSPS) is 17.3. The third-order valence-electron chi connectivity index (χ3n) is 7.82. The summed E-state index contributed by atoms with van der Waals surface area (Å²) in [5.74, 6) is 0.330. The fourth-order valence-electron chi connectivity index (χ4n) is 5.44. The standard InChI is InChI=1S/C31H32O7S/c1-31(2)25-16-21(38-18-28(34)27(33)17-32)8-10-24(25)30(35)29-23-11-9-22(14-20(23)15-26(29)31)39(36,37)13-12-19-6-4-3-5-7-19/h3-11,14,16,27-28,32-34H,12-13,15,17-18H2,1-2H3/t27-,28-/m1/s1. The van der Waals surface area contributed by atoms with Crippen molar-refractivity contribution in [3.8, 4) is 5.75 Å². The number of hydrogen-bond acceptors (Lipinski definition) is 7. The van der Waals surface area contributed by atoms with Crippen LogP contribution in [-0.2, 0) is 28.1 Å². The van der Waals surface area contributed by atoms with Gasteiger partial charge in [-0.25, -0.2) is 8.42 Å². The zero-order chi connectivity index (χ0) is 27.9. The number of benzene rings is 3. The number of carbonyl (C=O) groups excluding carboxylic acids is 1. The Morgan fingerprint density at radius 3 is 2.38 bits per heavy atom. The number of ketones is 1. The van der Waals surface area contributed by atoms with E-state index in [2.05, 4.69) is 0 Å². The van der Waals surface area contributed by atoms with Crippen molar-refractivity contribution < 1.29 is 33.3 Å². The molecule has 204 valence electrons. The third-order valence-corrected chi connectivity index (χ3v) is 9.53. The van der Waals surface area contributed by atoms with Gasteiger partial charge in [-0.15, -0.1) is 0 Å². The van der Waals surface area contributed by atoms with Crippen molar-refractivity contribution in [3.63, 3.8) is 0 Å². The molecule has 0 saturated heterocycles. The Labute approximate surface area is 228 Å². The molecule has 2 aliphatic carbocycles. The minimum absolute atomic E-state index is 0.00557. The van der Waals surface area contributed by atoms with Crippen molar-refractivity contribution in [2.75, 3.05) is 19.0 Å². The van der Waals surface area contributed by atoms with Crippen LogP contribution in [0.5, 0.6) is 5.75 Å². The minimum atomic E-state index is -3.51. The lowest BCUT2D eigenvalue weighted by Gasteiger charge is -2.34. The summed E-state index contributed by atoms with van der Waals surface area (Å²) in [7, 11) is -3.51. The highest BCUT2D eigenvalue weighted by Crippen LogP contribution is 2.50. The number of aliphatic hydroxyl groups is 3. The molecule has 0 amide bonds. The second-order valence-electron chi connectivity index (χ2n) is 10.7. The summed E-state index contributed by atoms with van der Waals surface area (Å²) >= 11 is 0. The van der Waals surface area contributed by atoms with E-state index in [-0.39, 0.29) is 23.0 Å². The predicted octanol–water partition coefficient (Wildman–Crippen LogP) is 3.28. The number of fused-ring (bicyclic) bond motifs is 3. The first-order valence-corrected chi connectivity index (χ1v) is 14.6. The Morgan fingerprint density at radius 1 is 0.949 bits per heavy atom. The van der Waals surface area contributed by atoms with Gasteiger partial charge in [0.25, 0.3) is 0 Å². The molecule has 5 rings (SSSR count). The number of carbonyl (C=O) groups is 1. The first-order chi connectivity index (χ1) is 18.5. The van der Waals surface area contributed by atoms with Crippen molar-refractivity contribution in [2.24, 2.45) is 0 Å². The number of sulfone groups is 1. The first kappa shape index (κ1) is 27.3. The minimum Gasteiger partial charge on any atom is -0.491 e. The summed E-state index contributed by atoms with van der Waals surface area (Å²) in [6.45, 7) is 3.27. The van der Waals surface area contributed by atoms with Crippen LogP contribution in [0.25, 0.3) is 5.57 Å². The van der Waals surface area contributed by atoms with Crippen molar-refractivity contribution in [1.29, 1.82) is 0 Å². The van der Waals surface area contributed by atoms with Gasteiger partial charge < -0.3 is 20.1 Å². The van der Waals surface area contributed by atoms with Crippen LogP contribution in [-0.4, -0.2) is 60.7 Å². The number of rotatable bonds is 9. The van der Waals surface area contributed by atoms with Crippen molar-refractivity contribution in [1.82, 2.24) is 0 Å². The van der Waals surface area contributed by atoms with Gasteiger partial charge in [0.1, 0.15) is 24.6 Å². The Hall–Kier alpha value is -3.30. The molecule has 0 unspecified atom stereocenters. The second kappa shape index (κ2) is 10.4. The smallest absolute Gasteiger partial charge is 0.193 e. The Morgan fingerprint density at radius 2 is 1.67 bits per heavy atom. The maximum atomic E-state index is 13.7. The van der Waals surface area contributed by atoms with E-state index < -0.39 is 34.1 Å². The predicted molar refractivity (Wildman–Crippen MR) is 148 cm³/mol. The van der Waals surface area contributed by atoms with E-state index in [1.54, 1.807) is 36.4 Å². The van der Waals surface area contributed by atoms with Gasteiger partial charge in [0.2, 0.25) is 0 Å². The molecule has 2 aliphatic rings. The van der Waals surface area contributed by atoms with Gasteiger partial charge in [-0.05, 0) is 71.0 Å². The van der Waals surface area contributed by atoms with Gasteiger partial charge in [-0.1, -0.05) is 50.2 Å². The monoisotopic (exact) mass is 548 g/mol. The van der Waals surface area contributed by atoms with Crippen LogP contribution >= 0.6 is 0 Å². The molecule has 0 heterocycles. The van der Waals surface area contributed by atoms with Gasteiger partial charge in [-0.3, -0.25) is 4.79 Å². The molecule has 8 heteroatoms. The number of allylic oxidation sites excluding steroid dienone is 2. The van der Waals surface area contributed by atoms with Crippen molar-refractivity contribution >= 4 is 21.2 Å². The maximum absolute atomic E-state index is 13.7. The fraction of sp³-hybridized carbons (Fsp3) is 0.323. The average molecular weight is 549 g/mol. The number of aliphatic hydroxyl groups excluding tert-OH is 3. The maximum Gasteiger partial charge on any atom is 0.193 e. The lowest BCUT2D eigenvalue weighted by molar-refractivity contribution is -0.0339.